The van der Waals surface area contributed by atoms with Crippen molar-refractivity contribution in [1.29, 1.82) is 5.26 Å². The maximum atomic E-state index is 10.9. The van der Waals surface area contributed by atoms with E-state index in [4.69, 9.17) is 5.26 Å². The Morgan fingerprint density at radius 1 is 1.60 bits per heavy atom. The van der Waals surface area contributed by atoms with Gasteiger partial charge >= 0.3 is 0 Å². The summed E-state index contributed by atoms with van der Waals surface area (Å²) in [5, 5.41) is 14.5. The van der Waals surface area contributed by atoms with Gasteiger partial charge in [-0.3, -0.25) is 4.79 Å². The molecule has 2 heterocycles. The third-order valence-electron chi connectivity index (χ3n) is 2.19. The van der Waals surface area contributed by atoms with Crippen LogP contribution < -0.4 is 10.6 Å². The van der Waals surface area contributed by atoms with Crippen molar-refractivity contribution in [2.75, 3.05) is 11.9 Å². The van der Waals surface area contributed by atoms with Crippen LogP contribution in [0, 0.1) is 11.3 Å². The Labute approximate surface area is 87.1 Å². The molecule has 1 saturated heterocycles. The molecule has 1 unspecified atom stereocenters. The Morgan fingerprint density at radius 2 is 2.47 bits per heavy atom. The van der Waals surface area contributed by atoms with Crippen LogP contribution in [-0.2, 0) is 4.79 Å². The molecule has 0 spiro atoms. The molecule has 1 aliphatic rings. The van der Waals surface area contributed by atoms with Crippen LogP contribution in [0.4, 0.5) is 5.82 Å². The van der Waals surface area contributed by atoms with Crippen molar-refractivity contribution in [3.8, 4) is 6.07 Å². The molecular formula is C10H10N4O. The van der Waals surface area contributed by atoms with Gasteiger partial charge in [-0.1, -0.05) is 6.07 Å². The van der Waals surface area contributed by atoms with Crippen molar-refractivity contribution in [2.24, 2.45) is 0 Å². The number of nitrogens with zero attached hydrogens (tertiary/aromatic N) is 2. The predicted molar refractivity (Wildman–Crippen MR) is 54.0 cm³/mol. The van der Waals surface area contributed by atoms with Crippen molar-refractivity contribution in [3.63, 3.8) is 0 Å². The van der Waals surface area contributed by atoms with Gasteiger partial charge in [0.1, 0.15) is 17.6 Å². The lowest BCUT2D eigenvalue weighted by Crippen LogP contribution is -2.22. The van der Waals surface area contributed by atoms with Gasteiger partial charge in [0.15, 0.2) is 0 Å². The Morgan fingerprint density at radius 3 is 3.13 bits per heavy atom. The van der Waals surface area contributed by atoms with Crippen LogP contribution in [-0.4, -0.2) is 23.5 Å². The summed E-state index contributed by atoms with van der Waals surface area (Å²) in [4.78, 5) is 15.0. The van der Waals surface area contributed by atoms with Gasteiger partial charge in [0, 0.05) is 13.0 Å². The molecule has 76 valence electrons. The standard InChI is InChI=1S/C10H10N4O/c11-5-7-2-1-3-9(13-7)14-8-4-10(15)12-6-8/h1-3,8H,4,6H2,(H,12,15)(H,13,14). The van der Waals surface area contributed by atoms with Gasteiger partial charge in [-0.25, -0.2) is 4.98 Å². The summed E-state index contributed by atoms with van der Waals surface area (Å²) in [5.74, 6) is 0.680. The summed E-state index contributed by atoms with van der Waals surface area (Å²) in [6.45, 7) is 0.608. The number of hydrogen-bond donors (Lipinski definition) is 2. The van der Waals surface area contributed by atoms with E-state index in [1.54, 1.807) is 18.2 Å². The number of pyridine rings is 1. The van der Waals surface area contributed by atoms with E-state index in [1.807, 2.05) is 6.07 Å². The number of carbonyl (C=O) groups excluding carboxylic acids is 1. The van der Waals surface area contributed by atoms with E-state index in [0.717, 1.165) is 0 Å². The Kier molecular flexibility index (Phi) is 2.50. The van der Waals surface area contributed by atoms with Crippen LogP contribution >= 0.6 is 0 Å². The smallest absolute Gasteiger partial charge is 0.222 e. The highest BCUT2D eigenvalue weighted by Crippen LogP contribution is 2.09. The van der Waals surface area contributed by atoms with Crippen LogP contribution in [0.2, 0.25) is 0 Å². The quantitative estimate of drug-likeness (QED) is 0.720. The van der Waals surface area contributed by atoms with Gasteiger partial charge in [-0.15, -0.1) is 0 Å². The third kappa shape index (κ3) is 2.23. The number of carbonyl (C=O) groups is 1. The molecule has 0 bridgehead atoms. The maximum Gasteiger partial charge on any atom is 0.222 e. The normalized spacial score (nSPS) is 19.4. The zero-order valence-corrected chi connectivity index (χ0v) is 8.03. The second kappa shape index (κ2) is 3.96. The van der Waals surface area contributed by atoms with Crippen LogP contribution in [0.3, 0.4) is 0 Å². The van der Waals surface area contributed by atoms with E-state index in [0.29, 0.717) is 24.5 Å². The van der Waals surface area contributed by atoms with E-state index in [2.05, 4.69) is 15.6 Å². The number of amides is 1. The largest absolute Gasteiger partial charge is 0.365 e. The number of aromatic nitrogens is 1. The topological polar surface area (TPSA) is 77.8 Å². The molecule has 1 aliphatic heterocycles. The molecule has 0 saturated carbocycles. The van der Waals surface area contributed by atoms with Crippen LogP contribution in [0.25, 0.3) is 0 Å². The summed E-state index contributed by atoms with van der Waals surface area (Å²) in [5.41, 5.74) is 0.372. The van der Waals surface area contributed by atoms with Crippen molar-refractivity contribution in [1.82, 2.24) is 10.3 Å². The SMILES string of the molecule is N#Cc1cccc(NC2CNC(=O)C2)n1. The fourth-order valence-electron chi connectivity index (χ4n) is 1.49. The second-order valence-corrected chi connectivity index (χ2v) is 3.37. The van der Waals surface area contributed by atoms with Crippen LogP contribution in [0.15, 0.2) is 18.2 Å². The highest BCUT2D eigenvalue weighted by Gasteiger charge is 2.21. The minimum Gasteiger partial charge on any atom is -0.365 e. The summed E-state index contributed by atoms with van der Waals surface area (Å²) >= 11 is 0. The first-order valence-corrected chi connectivity index (χ1v) is 4.68. The molecule has 2 N–H and O–H groups in total. The first kappa shape index (κ1) is 9.46. The maximum absolute atomic E-state index is 10.9. The molecule has 1 atom stereocenters. The fraction of sp³-hybridized carbons (Fsp3) is 0.300. The Hall–Kier alpha value is -2.09. The van der Waals surface area contributed by atoms with E-state index < -0.39 is 0 Å². The fourth-order valence-corrected chi connectivity index (χ4v) is 1.49. The zero-order chi connectivity index (χ0) is 10.7. The van der Waals surface area contributed by atoms with Crippen molar-refractivity contribution < 1.29 is 4.79 Å². The lowest BCUT2D eigenvalue weighted by molar-refractivity contribution is -0.119. The Bertz CT molecular complexity index is 424. The van der Waals surface area contributed by atoms with Gasteiger partial charge in [-0.05, 0) is 12.1 Å². The van der Waals surface area contributed by atoms with Crippen LogP contribution in [0.1, 0.15) is 12.1 Å². The molecule has 1 aromatic rings. The number of anilines is 1. The van der Waals surface area contributed by atoms with Crippen molar-refractivity contribution in [2.45, 2.75) is 12.5 Å². The number of rotatable bonds is 2. The van der Waals surface area contributed by atoms with Crippen molar-refractivity contribution >= 4 is 11.7 Å². The first-order chi connectivity index (χ1) is 7.28. The number of nitriles is 1. The molecular weight excluding hydrogens is 192 g/mol. The summed E-state index contributed by atoms with van der Waals surface area (Å²) in [6, 6.07) is 7.22. The molecule has 0 aromatic carbocycles. The number of nitrogens with one attached hydrogen (secondary N) is 2. The predicted octanol–water partition coefficient (Wildman–Crippen LogP) is 0.254. The molecule has 1 amide bonds. The highest BCUT2D eigenvalue weighted by atomic mass is 16.1. The van der Waals surface area contributed by atoms with Gasteiger partial charge in [0.2, 0.25) is 5.91 Å². The van der Waals surface area contributed by atoms with E-state index >= 15 is 0 Å². The molecule has 5 nitrogen and oxygen atoms in total. The minimum atomic E-state index is 0.0453. The monoisotopic (exact) mass is 202 g/mol. The average molecular weight is 202 g/mol. The first-order valence-electron chi connectivity index (χ1n) is 4.68. The van der Waals surface area contributed by atoms with Gasteiger partial charge in [0.05, 0.1) is 6.04 Å². The number of hydrogen-bond acceptors (Lipinski definition) is 4. The van der Waals surface area contributed by atoms with Crippen molar-refractivity contribution in [3.05, 3.63) is 23.9 Å². The summed E-state index contributed by atoms with van der Waals surface area (Å²) in [6.07, 6.45) is 0.457. The molecule has 0 aliphatic carbocycles. The Balaban J connectivity index is 2.05. The molecule has 5 heteroatoms. The average Bonchev–Trinajstić information content (AvgIpc) is 2.64. The molecule has 15 heavy (non-hydrogen) atoms. The zero-order valence-electron chi connectivity index (χ0n) is 8.03. The molecule has 2 rings (SSSR count). The van der Waals surface area contributed by atoms with Crippen LogP contribution in [0.5, 0.6) is 0 Å². The minimum absolute atomic E-state index is 0.0453. The van der Waals surface area contributed by atoms with E-state index in [9.17, 15) is 4.79 Å². The molecule has 0 radical (unpaired) electrons. The van der Waals surface area contributed by atoms with Gasteiger partial charge < -0.3 is 10.6 Å². The van der Waals surface area contributed by atoms with Gasteiger partial charge in [-0.2, -0.15) is 5.26 Å². The lowest BCUT2D eigenvalue weighted by Gasteiger charge is -2.10. The lowest BCUT2D eigenvalue weighted by atomic mass is 10.2. The second-order valence-electron chi connectivity index (χ2n) is 3.37. The van der Waals surface area contributed by atoms with Gasteiger partial charge in [0.25, 0.3) is 0 Å². The van der Waals surface area contributed by atoms with E-state index in [-0.39, 0.29) is 11.9 Å². The highest BCUT2D eigenvalue weighted by molar-refractivity contribution is 5.79. The third-order valence-corrected chi connectivity index (χ3v) is 2.19. The van der Waals surface area contributed by atoms with E-state index in [1.165, 1.54) is 0 Å². The summed E-state index contributed by atoms with van der Waals surface area (Å²) in [7, 11) is 0. The molecule has 1 aromatic heterocycles. The molecule has 1 fully saturated rings. The summed E-state index contributed by atoms with van der Waals surface area (Å²) < 4.78 is 0.